The number of hydrogen-bond donors (Lipinski definition) is 0. The number of benzene rings is 2. The molecule has 118 valence electrons. The first-order valence-electron chi connectivity index (χ1n) is 7.14. The molecule has 0 fully saturated rings. The molecular formula is C17H15Cl2N3S. The molecule has 23 heavy (non-hydrogen) atoms. The largest absolute Gasteiger partial charge is 0.302 e. The van der Waals surface area contributed by atoms with E-state index in [4.69, 9.17) is 23.2 Å². The van der Waals surface area contributed by atoms with E-state index >= 15 is 0 Å². The van der Waals surface area contributed by atoms with Crippen LogP contribution in [0.3, 0.4) is 0 Å². The SMILES string of the molecule is Cc1nnc(SCc2ccc(Cl)c(Cl)c2)n1Cc1ccccc1. The fourth-order valence-corrected chi connectivity index (χ4v) is 3.44. The summed E-state index contributed by atoms with van der Waals surface area (Å²) in [6.07, 6.45) is 0. The zero-order valence-corrected chi connectivity index (χ0v) is 14.9. The zero-order valence-electron chi connectivity index (χ0n) is 12.5. The molecule has 0 unspecified atom stereocenters. The summed E-state index contributed by atoms with van der Waals surface area (Å²) in [7, 11) is 0. The Morgan fingerprint density at radius 2 is 1.74 bits per heavy atom. The van der Waals surface area contributed by atoms with Crippen LogP contribution in [0.5, 0.6) is 0 Å². The van der Waals surface area contributed by atoms with Gasteiger partial charge in [0.25, 0.3) is 0 Å². The van der Waals surface area contributed by atoms with Gasteiger partial charge in [0.05, 0.1) is 16.6 Å². The summed E-state index contributed by atoms with van der Waals surface area (Å²) in [4.78, 5) is 0. The first-order chi connectivity index (χ1) is 11.1. The molecule has 0 saturated heterocycles. The molecule has 0 radical (unpaired) electrons. The normalized spacial score (nSPS) is 10.9. The highest BCUT2D eigenvalue weighted by Crippen LogP contribution is 2.27. The topological polar surface area (TPSA) is 30.7 Å². The standard InChI is InChI=1S/C17H15Cl2N3S/c1-12-20-21-17(22(12)10-13-5-3-2-4-6-13)23-11-14-7-8-15(18)16(19)9-14/h2-9H,10-11H2,1H3. The van der Waals surface area contributed by atoms with Crippen LogP contribution in [0.4, 0.5) is 0 Å². The minimum Gasteiger partial charge on any atom is -0.302 e. The molecule has 2 aromatic carbocycles. The second kappa shape index (κ2) is 7.39. The van der Waals surface area contributed by atoms with Gasteiger partial charge in [-0.1, -0.05) is 71.4 Å². The van der Waals surface area contributed by atoms with Crippen LogP contribution in [0.25, 0.3) is 0 Å². The second-order valence-electron chi connectivity index (χ2n) is 5.14. The maximum absolute atomic E-state index is 6.06. The summed E-state index contributed by atoms with van der Waals surface area (Å²) < 4.78 is 2.12. The van der Waals surface area contributed by atoms with Crippen LogP contribution in [0, 0.1) is 6.92 Å². The lowest BCUT2D eigenvalue weighted by Gasteiger charge is -2.09. The Morgan fingerprint density at radius 1 is 0.957 bits per heavy atom. The third kappa shape index (κ3) is 4.08. The lowest BCUT2D eigenvalue weighted by molar-refractivity contribution is 0.688. The van der Waals surface area contributed by atoms with E-state index < -0.39 is 0 Å². The summed E-state index contributed by atoms with van der Waals surface area (Å²) in [5.74, 6) is 1.68. The number of halogens is 2. The van der Waals surface area contributed by atoms with Crippen molar-refractivity contribution in [1.29, 1.82) is 0 Å². The molecular weight excluding hydrogens is 349 g/mol. The van der Waals surface area contributed by atoms with Crippen molar-refractivity contribution in [1.82, 2.24) is 14.8 Å². The molecule has 0 spiro atoms. The third-order valence-corrected chi connectivity index (χ3v) is 5.21. The highest BCUT2D eigenvalue weighted by molar-refractivity contribution is 7.98. The lowest BCUT2D eigenvalue weighted by Crippen LogP contribution is -2.03. The van der Waals surface area contributed by atoms with E-state index in [1.165, 1.54) is 5.56 Å². The maximum Gasteiger partial charge on any atom is 0.191 e. The smallest absolute Gasteiger partial charge is 0.191 e. The maximum atomic E-state index is 6.06. The number of aromatic nitrogens is 3. The van der Waals surface area contributed by atoms with Crippen LogP contribution >= 0.6 is 35.0 Å². The first kappa shape index (κ1) is 16.4. The molecule has 3 aromatic rings. The van der Waals surface area contributed by atoms with Crippen molar-refractivity contribution in [3.8, 4) is 0 Å². The molecule has 0 saturated carbocycles. The van der Waals surface area contributed by atoms with Crippen LogP contribution in [-0.2, 0) is 12.3 Å². The Bertz CT molecular complexity index is 803. The van der Waals surface area contributed by atoms with Gasteiger partial charge in [-0.2, -0.15) is 0 Å². The van der Waals surface area contributed by atoms with Crippen molar-refractivity contribution in [3.63, 3.8) is 0 Å². The van der Waals surface area contributed by atoms with Crippen LogP contribution < -0.4 is 0 Å². The molecule has 1 heterocycles. The average molecular weight is 364 g/mol. The Morgan fingerprint density at radius 3 is 2.48 bits per heavy atom. The van der Waals surface area contributed by atoms with E-state index in [0.717, 1.165) is 28.8 Å². The van der Waals surface area contributed by atoms with E-state index in [1.54, 1.807) is 11.8 Å². The molecule has 0 N–H and O–H groups in total. The molecule has 0 atom stereocenters. The van der Waals surface area contributed by atoms with Crippen molar-refractivity contribution in [2.75, 3.05) is 0 Å². The zero-order chi connectivity index (χ0) is 16.2. The van der Waals surface area contributed by atoms with Crippen molar-refractivity contribution >= 4 is 35.0 Å². The fourth-order valence-electron chi connectivity index (χ4n) is 2.19. The third-order valence-electron chi connectivity index (χ3n) is 3.44. The van der Waals surface area contributed by atoms with Crippen molar-refractivity contribution < 1.29 is 0 Å². The van der Waals surface area contributed by atoms with Gasteiger partial charge in [0.2, 0.25) is 0 Å². The van der Waals surface area contributed by atoms with Gasteiger partial charge in [-0.15, -0.1) is 10.2 Å². The number of rotatable bonds is 5. The second-order valence-corrected chi connectivity index (χ2v) is 6.90. The molecule has 3 rings (SSSR count). The van der Waals surface area contributed by atoms with Gasteiger partial charge in [-0.05, 0) is 30.2 Å². The predicted octanol–water partition coefficient (Wildman–Crippen LogP) is 5.23. The van der Waals surface area contributed by atoms with Gasteiger partial charge < -0.3 is 4.57 Å². The quantitative estimate of drug-likeness (QED) is 0.581. The van der Waals surface area contributed by atoms with E-state index in [0.29, 0.717) is 10.0 Å². The van der Waals surface area contributed by atoms with Crippen LogP contribution in [0.15, 0.2) is 53.7 Å². The summed E-state index contributed by atoms with van der Waals surface area (Å²) in [6, 6.07) is 16.0. The van der Waals surface area contributed by atoms with Crippen molar-refractivity contribution in [2.45, 2.75) is 24.4 Å². The van der Waals surface area contributed by atoms with Crippen LogP contribution in [0.1, 0.15) is 17.0 Å². The Labute approximate surface area is 149 Å². The Balaban J connectivity index is 1.74. The van der Waals surface area contributed by atoms with Crippen LogP contribution in [0.2, 0.25) is 10.0 Å². The van der Waals surface area contributed by atoms with E-state index in [2.05, 4.69) is 26.9 Å². The number of thioether (sulfide) groups is 1. The first-order valence-corrected chi connectivity index (χ1v) is 8.88. The number of nitrogens with zero attached hydrogens (tertiary/aromatic N) is 3. The molecule has 0 aliphatic heterocycles. The van der Waals surface area contributed by atoms with Gasteiger partial charge >= 0.3 is 0 Å². The summed E-state index contributed by atoms with van der Waals surface area (Å²) in [6.45, 7) is 2.74. The minimum atomic E-state index is 0.573. The molecule has 0 amide bonds. The Kier molecular flexibility index (Phi) is 5.26. The number of aryl methyl sites for hydroxylation is 1. The molecule has 6 heteroatoms. The van der Waals surface area contributed by atoms with E-state index in [9.17, 15) is 0 Å². The van der Waals surface area contributed by atoms with Crippen LogP contribution in [-0.4, -0.2) is 14.8 Å². The summed E-state index contributed by atoms with van der Waals surface area (Å²) in [5, 5.41) is 10.5. The average Bonchev–Trinajstić information content (AvgIpc) is 2.90. The van der Waals surface area contributed by atoms with E-state index in [-0.39, 0.29) is 0 Å². The molecule has 0 bridgehead atoms. The molecule has 3 nitrogen and oxygen atoms in total. The highest BCUT2D eigenvalue weighted by atomic mass is 35.5. The summed E-state index contributed by atoms with van der Waals surface area (Å²) >= 11 is 13.7. The summed E-state index contributed by atoms with van der Waals surface area (Å²) in [5.41, 5.74) is 2.34. The predicted molar refractivity (Wildman–Crippen MR) is 96.3 cm³/mol. The molecule has 1 aromatic heterocycles. The van der Waals surface area contributed by atoms with Crippen molar-refractivity contribution in [3.05, 3.63) is 75.5 Å². The minimum absolute atomic E-state index is 0.573. The van der Waals surface area contributed by atoms with Gasteiger partial charge in [-0.3, -0.25) is 0 Å². The number of hydrogen-bond acceptors (Lipinski definition) is 3. The highest BCUT2D eigenvalue weighted by Gasteiger charge is 2.10. The van der Waals surface area contributed by atoms with Gasteiger partial charge in [0, 0.05) is 5.75 Å². The van der Waals surface area contributed by atoms with Gasteiger partial charge in [-0.25, -0.2) is 0 Å². The van der Waals surface area contributed by atoms with Gasteiger partial charge in [0.1, 0.15) is 5.82 Å². The van der Waals surface area contributed by atoms with Gasteiger partial charge in [0.15, 0.2) is 5.16 Å². The Hall–Kier alpha value is -1.49. The monoisotopic (exact) mass is 363 g/mol. The molecule has 0 aliphatic carbocycles. The van der Waals surface area contributed by atoms with Crippen molar-refractivity contribution in [2.24, 2.45) is 0 Å². The molecule has 0 aliphatic rings. The van der Waals surface area contributed by atoms with E-state index in [1.807, 2.05) is 43.3 Å². The lowest BCUT2D eigenvalue weighted by atomic mass is 10.2. The fraction of sp³-hybridized carbons (Fsp3) is 0.176.